The second-order valence-electron chi connectivity index (χ2n) is 6.66. The molecule has 1 aliphatic heterocycles. The maximum Gasteiger partial charge on any atom is 0.185 e. The second kappa shape index (κ2) is 8.03. The first-order valence-electron chi connectivity index (χ1n) is 8.90. The second-order valence-corrected chi connectivity index (χ2v) is 10.5. The highest BCUT2D eigenvalue weighted by molar-refractivity contribution is 7.92. The van der Waals surface area contributed by atoms with Gasteiger partial charge in [0.15, 0.2) is 15.0 Å². The Hall–Kier alpha value is -1.60. The smallest absolute Gasteiger partial charge is 0.185 e. The standard InChI is InChI=1S/C20H18Cl2N2O2S2/c21-16-7-4-8-18(19(16)22)28(25,26)15-9-11-24(12-10-15)20-23-17(13-27-20)14-5-2-1-3-6-14/h1-8,13,15H,9-12H2. The molecule has 1 aromatic heterocycles. The summed E-state index contributed by atoms with van der Waals surface area (Å²) in [5.74, 6) is 0. The Bertz CT molecular complexity index is 1080. The minimum absolute atomic E-state index is 0.110. The maximum atomic E-state index is 13.0. The van der Waals surface area contributed by atoms with Crippen molar-refractivity contribution in [2.75, 3.05) is 18.0 Å². The van der Waals surface area contributed by atoms with E-state index in [0.717, 1.165) is 16.4 Å². The van der Waals surface area contributed by atoms with E-state index in [-0.39, 0.29) is 14.9 Å². The van der Waals surface area contributed by atoms with Gasteiger partial charge in [-0.25, -0.2) is 13.4 Å². The van der Waals surface area contributed by atoms with Crippen LogP contribution in [0.25, 0.3) is 11.3 Å². The number of thiazole rings is 1. The van der Waals surface area contributed by atoms with E-state index in [4.69, 9.17) is 28.2 Å². The first-order chi connectivity index (χ1) is 13.5. The van der Waals surface area contributed by atoms with Crippen LogP contribution in [0.1, 0.15) is 12.8 Å². The molecule has 0 bridgehead atoms. The molecule has 0 aliphatic carbocycles. The quantitative estimate of drug-likeness (QED) is 0.519. The van der Waals surface area contributed by atoms with E-state index in [1.807, 2.05) is 35.7 Å². The Labute approximate surface area is 178 Å². The molecule has 2 heterocycles. The number of hydrogen-bond acceptors (Lipinski definition) is 5. The summed E-state index contributed by atoms with van der Waals surface area (Å²) >= 11 is 13.7. The molecule has 4 rings (SSSR count). The zero-order valence-corrected chi connectivity index (χ0v) is 18.0. The highest BCUT2D eigenvalue weighted by Crippen LogP contribution is 2.35. The summed E-state index contributed by atoms with van der Waals surface area (Å²) in [4.78, 5) is 7.01. The highest BCUT2D eigenvalue weighted by atomic mass is 35.5. The van der Waals surface area contributed by atoms with Gasteiger partial charge in [0.25, 0.3) is 0 Å². The van der Waals surface area contributed by atoms with Crippen LogP contribution in [0, 0.1) is 0 Å². The van der Waals surface area contributed by atoms with Crippen molar-refractivity contribution in [2.45, 2.75) is 23.0 Å². The van der Waals surface area contributed by atoms with Crippen molar-refractivity contribution >= 4 is 49.5 Å². The van der Waals surface area contributed by atoms with Gasteiger partial charge in [0.2, 0.25) is 0 Å². The lowest BCUT2D eigenvalue weighted by Gasteiger charge is -2.31. The van der Waals surface area contributed by atoms with E-state index in [2.05, 4.69) is 4.90 Å². The van der Waals surface area contributed by atoms with Gasteiger partial charge < -0.3 is 4.90 Å². The van der Waals surface area contributed by atoms with Crippen LogP contribution in [-0.4, -0.2) is 31.7 Å². The fourth-order valence-electron chi connectivity index (χ4n) is 3.39. The van der Waals surface area contributed by atoms with Crippen molar-refractivity contribution in [3.8, 4) is 11.3 Å². The Morgan fingerprint density at radius 1 is 1.00 bits per heavy atom. The Morgan fingerprint density at radius 2 is 1.71 bits per heavy atom. The van der Waals surface area contributed by atoms with Gasteiger partial charge in [-0.05, 0) is 25.0 Å². The number of piperidine rings is 1. The number of halogens is 2. The van der Waals surface area contributed by atoms with Gasteiger partial charge >= 0.3 is 0 Å². The van der Waals surface area contributed by atoms with E-state index in [1.54, 1.807) is 23.5 Å². The fourth-order valence-corrected chi connectivity index (χ4v) is 6.78. The molecule has 0 amide bonds. The zero-order chi connectivity index (χ0) is 19.7. The third-order valence-electron chi connectivity index (χ3n) is 4.94. The summed E-state index contributed by atoms with van der Waals surface area (Å²) in [7, 11) is -3.52. The van der Waals surface area contributed by atoms with E-state index in [9.17, 15) is 8.42 Å². The number of aromatic nitrogens is 1. The van der Waals surface area contributed by atoms with Crippen molar-refractivity contribution in [3.63, 3.8) is 0 Å². The predicted molar refractivity (Wildman–Crippen MR) is 116 cm³/mol. The van der Waals surface area contributed by atoms with E-state index in [1.165, 1.54) is 6.07 Å². The Morgan fingerprint density at radius 3 is 2.43 bits per heavy atom. The van der Waals surface area contributed by atoms with Crippen LogP contribution in [0.4, 0.5) is 5.13 Å². The van der Waals surface area contributed by atoms with E-state index >= 15 is 0 Å². The van der Waals surface area contributed by atoms with Crippen LogP contribution in [0.5, 0.6) is 0 Å². The zero-order valence-electron chi connectivity index (χ0n) is 14.9. The molecule has 8 heteroatoms. The topological polar surface area (TPSA) is 50.3 Å². The lowest BCUT2D eigenvalue weighted by atomic mass is 10.1. The molecule has 1 fully saturated rings. The van der Waals surface area contributed by atoms with Gasteiger partial charge in [-0.1, -0.05) is 59.6 Å². The summed E-state index contributed by atoms with van der Waals surface area (Å²) in [6, 6.07) is 14.8. The monoisotopic (exact) mass is 452 g/mol. The highest BCUT2D eigenvalue weighted by Gasteiger charge is 2.33. The molecule has 3 aromatic rings. The third kappa shape index (κ3) is 3.79. The molecule has 0 spiro atoms. The van der Waals surface area contributed by atoms with Crippen LogP contribution < -0.4 is 4.90 Å². The molecule has 28 heavy (non-hydrogen) atoms. The number of hydrogen-bond donors (Lipinski definition) is 0. The number of benzene rings is 2. The summed E-state index contributed by atoms with van der Waals surface area (Å²) in [6.07, 6.45) is 1.07. The summed E-state index contributed by atoms with van der Waals surface area (Å²) in [6.45, 7) is 1.29. The van der Waals surface area contributed by atoms with Gasteiger partial charge in [0.05, 0.1) is 25.9 Å². The predicted octanol–water partition coefficient (Wildman–Crippen LogP) is 5.56. The first kappa shape index (κ1) is 19.7. The minimum atomic E-state index is -3.52. The van der Waals surface area contributed by atoms with Crippen LogP contribution in [0.2, 0.25) is 10.0 Å². The normalized spacial score (nSPS) is 15.7. The van der Waals surface area contributed by atoms with Crippen LogP contribution in [0.3, 0.4) is 0 Å². The SMILES string of the molecule is O=S(=O)(c1cccc(Cl)c1Cl)C1CCN(c2nc(-c3ccccc3)cs2)CC1. The number of nitrogens with zero attached hydrogens (tertiary/aromatic N) is 2. The molecule has 2 aromatic carbocycles. The Balaban J connectivity index is 1.48. The number of sulfone groups is 1. The summed E-state index contributed by atoms with van der Waals surface area (Å²) < 4.78 is 26.0. The van der Waals surface area contributed by atoms with Crippen molar-refractivity contribution in [1.82, 2.24) is 4.98 Å². The molecule has 1 saturated heterocycles. The molecule has 1 aliphatic rings. The number of anilines is 1. The van der Waals surface area contributed by atoms with Gasteiger partial charge in [0.1, 0.15) is 0 Å². The molecule has 146 valence electrons. The van der Waals surface area contributed by atoms with Gasteiger partial charge in [-0.2, -0.15) is 0 Å². The first-order valence-corrected chi connectivity index (χ1v) is 12.1. The summed E-state index contributed by atoms with van der Waals surface area (Å²) in [5.41, 5.74) is 2.03. The number of rotatable bonds is 4. The molecule has 0 radical (unpaired) electrons. The Kier molecular flexibility index (Phi) is 5.65. The molecule has 0 saturated carbocycles. The molecule has 4 nitrogen and oxygen atoms in total. The largest absolute Gasteiger partial charge is 0.348 e. The van der Waals surface area contributed by atoms with Crippen LogP contribution >= 0.6 is 34.5 Å². The van der Waals surface area contributed by atoms with E-state index in [0.29, 0.717) is 25.9 Å². The van der Waals surface area contributed by atoms with E-state index < -0.39 is 15.1 Å². The van der Waals surface area contributed by atoms with Crippen molar-refractivity contribution in [2.24, 2.45) is 0 Å². The van der Waals surface area contributed by atoms with Crippen LogP contribution in [-0.2, 0) is 9.84 Å². The maximum absolute atomic E-state index is 13.0. The van der Waals surface area contributed by atoms with Crippen molar-refractivity contribution in [3.05, 3.63) is 64.0 Å². The average molecular weight is 453 g/mol. The molecular weight excluding hydrogens is 435 g/mol. The molecular formula is C20H18Cl2N2O2S2. The lowest BCUT2D eigenvalue weighted by molar-refractivity contribution is 0.529. The third-order valence-corrected chi connectivity index (χ3v) is 9.07. The molecule has 0 unspecified atom stereocenters. The summed E-state index contributed by atoms with van der Waals surface area (Å²) in [5, 5.41) is 2.87. The fraction of sp³-hybridized carbons (Fsp3) is 0.250. The minimum Gasteiger partial charge on any atom is -0.348 e. The van der Waals surface area contributed by atoms with Crippen molar-refractivity contribution in [1.29, 1.82) is 0 Å². The van der Waals surface area contributed by atoms with Crippen molar-refractivity contribution < 1.29 is 8.42 Å². The van der Waals surface area contributed by atoms with Gasteiger partial charge in [-0.3, -0.25) is 0 Å². The molecule has 0 N–H and O–H groups in total. The van der Waals surface area contributed by atoms with Crippen LogP contribution in [0.15, 0.2) is 58.8 Å². The van der Waals surface area contributed by atoms with Gasteiger partial charge in [-0.15, -0.1) is 11.3 Å². The molecule has 0 atom stereocenters. The average Bonchev–Trinajstić information content (AvgIpc) is 3.21. The van der Waals surface area contributed by atoms with Gasteiger partial charge in [0, 0.05) is 24.0 Å². The lowest BCUT2D eigenvalue weighted by Crippen LogP contribution is -2.39.